The van der Waals surface area contributed by atoms with Crippen molar-refractivity contribution in [3.8, 4) is 28.7 Å². The van der Waals surface area contributed by atoms with Crippen LogP contribution in [0.3, 0.4) is 0 Å². The molecule has 8 nitrogen and oxygen atoms in total. The number of halogens is 3. The molecule has 0 amide bonds. The Morgan fingerprint density at radius 2 is 1.81 bits per heavy atom. The van der Waals surface area contributed by atoms with Gasteiger partial charge in [-0.15, -0.1) is 0 Å². The second-order valence-corrected chi connectivity index (χ2v) is 9.06. The summed E-state index contributed by atoms with van der Waals surface area (Å²) in [6, 6.07) is 7.31. The van der Waals surface area contributed by atoms with Crippen LogP contribution in [0.4, 0.5) is 18.9 Å². The molecule has 1 fully saturated rings. The number of aromatic nitrogens is 6. The summed E-state index contributed by atoms with van der Waals surface area (Å²) in [5.41, 5.74) is 3.74. The number of nitrogens with one attached hydrogen (secondary N) is 1. The van der Waals surface area contributed by atoms with E-state index in [1.165, 1.54) is 10.9 Å². The lowest BCUT2D eigenvalue weighted by Gasteiger charge is -2.18. The molecule has 3 heterocycles. The third-order valence-corrected chi connectivity index (χ3v) is 6.56. The third-order valence-electron chi connectivity index (χ3n) is 6.56. The number of aryl methyl sites for hydroxylation is 1. The average Bonchev–Trinajstić information content (AvgIpc) is 3.67. The Hall–Kier alpha value is -4.02. The molecule has 0 saturated heterocycles. The van der Waals surface area contributed by atoms with Gasteiger partial charge in [0.05, 0.1) is 30.4 Å². The highest BCUT2D eigenvalue weighted by Crippen LogP contribution is 2.45. The molecule has 3 aromatic heterocycles. The molecule has 0 radical (unpaired) electrons. The minimum Gasteiger partial charge on any atom is -0.480 e. The van der Waals surface area contributed by atoms with E-state index in [1.807, 2.05) is 19.1 Å². The lowest BCUT2D eigenvalue weighted by molar-refractivity contribution is -0.140. The fraction of sp³-hybridized carbons (Fsp3) is 0.346. The smallest absolute Gasteiger partial charge is 0.434 e. The van der Waals surface area contributed by atoms with E-state index in [0.29, 0.717) is 28.7 Å². The quantitative estimate of drug-likeness (QED) is 0.355. The second kappa shape index (κ2) is 9.45. The van der Waals surface area contributed by atoms with E-state index in [-0.39, 0.29) is 11.7 Å². The van der Waals surface area contributed by atoms with E-state index >= 15 is 0 Å². The maximum atomic E-state index is 13.1. The highest BCUT2D eigenvalue weighted by Gasteiger charge is 2.35. The molecule has 1 aliphatic carbocycles. The first kappa shape index (κ1) is 24.7. The van der Waals surface area contributed by atoms with Gasteiger partial charge in [-0.1, -0.05) is 31.2 Å². The molecule has 1 saturated carbocycles. The van der Waals surface area contributed by atoms with E-state index in [4.69, 9.17) is 9.72 Å². The summed E-state index contributed by atoms with van der Waals surface area (Å²) in [5, 5.41) is 3.16. The molecule has 192 valence electrons. The summed E-state index contributed by atoms with van der Waals surface area (Å²) >= 11 is 0. The number of imidazole rings is 1. The number of nitrogens with zero attached hydrogens (tertiary/aromatic N) is 6. The highest BCUT2D eigenvalue weighted by atomic mass is 19.4. The van der Waals surface area contributed by atoms with Crippen molar-refractivity contribution in [2.45, 2.75) is 37.8 Å². The number of alkyl halides is 3. The van der Waals surface area contributed by atoms with Gasteiger partial charge in [0.15, 0.2) is 11.5 Å². The normalized spacial score (nSPS) is 14.5. The van der Waals surface area contributed by atoms with Crippen LogP contribution in [0.2, 0.25) is 0 Å². The van der Waals surface area contributed by atoms with Crippen molar-refractivity contribution in [1.29, 1.82) is 0 Å². The number of hydrogen-bond acceptors (Lipinski definition) is 7. The minimum atomic E-state index is -4.50. The van der Waals surface area contributed by atoms with Crippen molar-refractivity contribution < 1.29 is 17.9 Å². The summed E-state index contributed by atoms with van der Waals surface area (Å²) in [6.07, 6.45) is 1.84. The Balaban J connectivity index is 1.50. The minimum absolute atomic E-state index is 0.148. The van der Waals surface area contributed by atoms with Crippen LogP contribution in [0.1, 0.15) is 54.2 Å². The van der Waals surface area contributed by atoms with Crippen LogP contribution < -0.4 is 10.1 Å². The molecule has 0 spiro atoms. The van der Waals surface area contributed by atoms with Gasteiger partial charge in [0, 0.05) is 37.7 Å². The van der Waals surface area contributed by atoms with Gasteiger partial charge in [0.2, 0.25) is 5.88 Å². The average molecular weight is 510 g/mol. The van der Waals surface area contributed by atoms with Crippen LogP contribution in [0.25, 0.3) is 22.8 Å². The van der Waals surface area contributed by atoms with Crippen LogP contribution in [0, 0.1) is 0 Å². The van der Waals surface area contributed by atoms with E-state index in [9.17, 15) is 13.2 Å². The summed E-state index contributed by atoms with van der Waals surface area (Å²) in [6.45, 7) is 2.02. The van der Waals surface area contributed by atoms with Crippen molar-refractivity contribution in [3.05, 3.63) is 65.6 Å². The largest absolute Gasteiger partial charge is 0.480 e. The number of benzene rings is 1. The molecule has 5 rings (SSSR count). The maximum absolute atomic E-state index is 13.1. The van der Waals surface area contributed by atoms with Crippen LogP contribution in [-0.4, -0.2) is 43.6 Å². The number of anilines is 1. The van der Waals surface area contributed by atoms with Gasteiger partial charge in [0.1, 0.15) is 17.7 Å². The maximum Gasteiger partial charge on any atom is 0.434 e. The SMILES string of the molecule is CNc1cnc(-c2c(OC)ncnc2C2CC2)nc1C(C)c1ccc(-c2nc(C(F)(F)F)cn2C)cc1. The van der Waals surface area contributed by atoms with E-state index in [0.717, 1.165) is 41.7 Å². The molecule has 37 heavy (non-hydrogen) atoms. The van der Waals surface area contributed by atoms with Crippen LogP contribution in [0.15, 0.2) is 43.0 Å². The highest BCUT2D eigenvalue weighted by molar-refractivity contribution is 5.67. The molecule has 1 N–H and O–H groups in total. The Bertz CT molecular complexity index is 1430. The lowest BCUT2D eigenvalue weighted by Crippen LogP contribution is -2.09. The molecule has 0 bridgehead atoms. The third kappa shape index (κ3) is 4.73. The monoisotopic (exact) mass is 509 g/mol. The first-order valence-corrected chi connectivity index (χ1v) is 11.9. The first-order valence-electron chi connectivity index (χ1n) is 11.9. The molecular formula is C26H26F3N7O. The van der Waals surface area contributed by atoms with Crippen LogP contribution in [-0.2, 0) is 13.2 Å². The molecular weight excluding hydrogens is 483 g/mol. The first-order chi connectivity index (χ1) is 17.7. The van der Waals surface area contributed by atoms with Gasteiger partial charge in [-0.25, -0.2) is 24.9 Å². The predicted molar refractivity (Wildman–Crippen MR) is 132 cm³/mol. The molecule has 1 atom stereocenters. The Morgan fingerprint density at radius 1 is 1.08 bits per heavy atom. The summed E-state index contributed by atoms with van der Waals surface area (Å²) in [5.74, 6) is 1.37. The van der Waals surface area contributed by atoms with Gasteiger partial charge in [0.25, 0.3) is 0 Å². The summed E-state index contributed by atoms with van der Waals surface area (Å²) < 4.78 is 46.2. The van der Waals surface area contributed by atoms with Gasteiger partial charge in [-0.2, -0.15) is 13.2 Å². The van der Waals surface area contributed by atoms with Crippen molar-refractivity contribution >= 4 is 5.69 Å². The number of rotatable bonds is 7. The van der Waals surface area contributed by atoms with Crippen LogP contribution in [0.5, 0.6) is 5.88 Å². The van der Waals surface area contributed by atoms with E-state index in [1.54, 1.807) is 39.5 Å². The number of ether oxygens (including phenoxy) is 1. The van der Waals surface area contributed by atoms with Gasteiger partial charge >= 0.3 is 6.18 Å². The van der Waals surface area contributed by atoms with Gasteiger partial charge in [-0.05, 0) is 18.4 Å². The van der Waals surface area contributed by atoms with Gasteiger partial charge < -0.3 is 14.6 Å². The van der Waals surface area contributed by atoms with Crippen LogP contribution >= 0.6 is 0 Å². The van der Waals surface area contributed by atoms with Crippen molar-refractivity contribution in [3.63, 3.8) is 0 Å². The molecule has 1 aliphatic rings. The Labute approximate surface area is 212 Å². The standard InChI is InChI=1S/C26H26F3N7O/c1-14(15-5-9-17(10-6-15)24-34-19(12-36(24)3)26(27,28)29)21-18(30-2)11-31-23(35-21)20-22(16-7-8-16)32-13-33-25(20)37-4/h5-6,9-14,16,30H,7-8H2,1-4H3. The van der Waals surface area contributed by atoms with E-state index in [2.05, 4.69) is 25.3 Å². The second-order valence-electron chi connectivity index (χ2n) is 9.06. The zero-order chi connectivity index (χ0) is 26.3. The summed E-state index contributed by atoms with van der Waals surface area (Å²) in [7, 11) is 4.92. The van der Waals surface area contributed by atoms with E-state index < -0.39 is 11.9 Å². The molecule has 1 unspecified atom stereocenters. The zero-order valence-electron chi connectivity index (χ0n) is 20.8. The Kier molecular flexibility index (Phi) is 6.30. The fourth-order valence-corrected chi connectivity index (χ4v) is 4.40. The van der Waals surface area contributed by atoms with Crippen molar-refractivity contribution in [2.24, 2.45) is 7.05 Å². The lowest BCUT2D eigenvalue weighted by atomic mass is 9.95. The topological polar surface area (TPSA) is 90.6 Å². The predicted octanol–water partition coefficient (Wildman–Crippen LogP) is 5.43. The fourth-order valence-electron chi connectivity index (χ4n) is 4.40. The molecule has 0 aliphatic heterocycles. The molecule has 4 aromatic rings. The van der Waals surface area contributed by atoms with Crippen molar-refractivity contribution in [2.75, 3.05) is 19.5 Å². The van der Waals surface area contributed by atoms with Gasteiger partial charge in [-0.3, -0.25) is 0 Å². The Morgan fingerprint density at radius 3 is 2.41 bits per heavy atom. The zero-order valence-corrected chi connectivity index (χ0v) is 20.8. The molecule has 11 heteroatoms. The summed E-state index contributed by atoms with van der Waals surface area (Å²) in [4.78, 5) is 22.1. The number of methoxy groups -OCH3 is 1. The van der Waals surface area contributed by atoms with Crippen molar-refractivity contribution in [1.82, 2.24) is 29.5 Å². The molecule has 1 aromatic carbocycles. The number of hydrogen-bond donors (Lipinski definition) is 1.